The summed E-state index contributed by atoms with van der Waals surface area (Å²) in [4.78, 5) is 42.9. The Morgan fingerprint density at radius 3 is 2.54 bits per heavy atom. The van der Waals surface area contributed by atoms with Crippen molar-refractivity contribution in [1.82, 2.24) is 10.3 Å². The molecule has 0 bridgehead atoms. The second-order valence-electron chi connectivity index (χ2n) is 8.18. The molecule has 200 valence electrons. The van der Waals surface area contributed by atoms with E-state index in [9.17, 15) is 14.4 Å². The Bertz CT molecular complexity index is 1480. The summed E-state index contributed by atoms with van der Waals surface area (Å²) in [5.74, 6) is -0.350. The molecule has 0 aliphatic rings. The molecule has 1 aromatic heterocycles. The summed E-state index contributed by atoms with van der Waals surface area (Å²) in [5.41, 5.74) is 1.45. The normalized spacial score (nSPS) is 10.5. The van der Waals surface area contributed by atoms with Crippen molar-refractivity contribution < 1.29 is 23.9 Å². The van der Waals surface area contributed by atoms with Crippen LogP contribution in [0.15, 0.2) is 89.7 Å². The number of pyridine rings is 1. The van der Waals surface area contributed by atoms with Crippen LogP contribution in [0, 0.1) is 0 Å². The Kier molecular flexibility index (Phi) is 9.71. The van der Waals surface area contributed by atoms with Gasteiger partial charge in [0, 0.05) is 33.0 Å². The molecule has 0 spiro atoms. The van der Waals surface area contributed by atoms with Gasteiger partial charge in [0.25, 0.3) is 5.91 Å². The van der Waals surface area contributed by atoms with Crippen LogP contribution in [-0.4, -0.2) is 49.4 Å². The molecular weight excluding hydrogens is 588 g/mol. The molecule has 0 fully saturated rings. The fraction of sp³-hybridized carbons (Fsp3) is 0.143. The fourth-order valence-corrected chi connectivity index (χ4v) is 4.25. The first-order chi connectivity index (χ1) is 18.9. The molecule has 0 aliphatic heterocycles. The Labute approximate surface area is 238 Å². The summed E-state index contributed by atoms with van der Waals surface area (Å²) in [6.45, 7) is -0.0844. The summed E-state index contributed by atoms with van der Waals surface area (Å²) in [5, 5.41) is 7.70. The van der Waals surface area contributed by atoms with Crippen molar-refractivity contribution in [2.45, 2.75) is 0 Å². The number of fused-ring (bicyclic) bond motifs is 1. The number of aromatic nitrogens is 1. The Balaban J connectivity index is 1.31. The van der Waals surface area contributed by atoms with Gasteiger partial charge < -0.3 is 14.8 Å². The standard InChI is InChI=1S/C28H24BrClN4O5/c29-21-15-20(17-31-18-21)26(35)32-11-13-39-28(37)34(23-8-4-7-22(30)16-23)12-14-38-27(36)33-25-10-3-6-19-5-1-2-9-24(19)25/h1-10,15-18H,11-14H2,(H,32,35)(H,33,36). The highest BCUT2D eigenvalue weighted by molar-refractivity contribution is 9.10. The van der Waals surface area contributed by atoms with Crippen molar-refractivity contribution >= 4 is 67.8 Å². The van der Waals surface area contributed by atoms with E-state index in [1.807, 2.05) is 36.4 Å². The third-order valence-electron chi connectivity index (χ3n) is 5.49. The Morgan fingerprint density at radius 1 is 0.923 bits per heavy atom. The molecule has 9 nitrogen and oxygen atoms in total. The van der Waals surface area contributed by atoms with E-state index < -0.39 is 12.2 Å². The largest absolute Gasteiger partial charge is 0.447 e. The second-order valence-corrected chi connectivity index (χ2v) is 9.53. The van der Waals surface area contributed by atoms with Crippen LogP contribution in [-0.2, 0) is 9.47 Å². The van der Waals surface area contributed by atoms with Crippen LogP contribution in [0.1, 0.15) is 10.4 Å². The van der Waals surface area contributed by atoms with E-state index in [2.05, 4.69) is 31.5 Å². The Morgan fingerprint density at radius 2 is 1.72 bits per heavy atom. The van der Waals surface area contributed by atoms with Crippen molar-refractivity contribution in [3.05, 3.63) is 100 Å². The van der Waals surface area contributed by atoms with E-state index in [0.29, 0.717) is 26.4 Å². The maximum atomic E-state index is 12.9. The van der Waals surface area contributed by atoms with E-state index in [1.54, 1.807) is 42.6 Å². The molecule has 0 unspecified atom stereocenters. The molecule has 0 radical (unpaired) electrons. The van der Waals surface area contributed by atoms with Gasteiger partial charge in [-0.1, -0.05) is 54.1 Å². The predicted octanol–water partition coefficient (Wildman–Crippen LogP) is 6.27. The lowest BCUT2D eigenvalue weighted by atomic mass is 10.1. The number of amides is 3. The van der Waals surface area contributed by atoms with Gasteiger partial charge in [-0.2, -0.15) is 0 Å². The van der Waals surface area contributed by atoms with Crippen LogP contribution in [0.3, 0.4) is 0 Å². The third-order valence-corrected chi connectivity index (χ3v) is 6.16. The lowest BCUT2D eigenvalue weighted by molar-refractivity contribution is 0.0935. The maximum absolute atomic E-state index is 12.9. The van der Waals surface area contributed by atoms with Crippen LogP contribution in [0.2, 0.25) is 5.02 Å². The van der Waals surface area contributed by atoms with Gasteiger partial charge in [0.05, 0.1) is 24.3 Å². The molecule has 0 atom stereocenters. The molecule has 3 aromatic carbocycles. The summed E-state index contributed by atoms with van der Waals surface area (Å²) >= 11 is 9.38. The highest BCUT2D eigenvalue weighted by Gasteiger charge is 2.19. The molecule has 4 aromatic rings. The van der Waals surface area contributed by atoms with Crippen LogP contribution >= 0.6 is 27.5 Å². The number of anilines is 2. The van der Waals surface area contributed by atoms with Crippen LogP contribution < -0.4 is 15.5 Å². The van der Waals surface area contributed by atoms with Gasteiger partial charge in [-0.15, -0.1) is 0 Å². The zero-order valence-corrected chi connectivity index (χ0v) is 22.9. The van der Waals surface area contributed by atoms with Crippen molar-refractivity contribution in [2.24, 2.45) is 0 Å². The predicted molar refractivity (Wildman–Crippen MR) is 153 cm³/mol. The number of rotatable bonds is 9. The zero-order valence-electron chi connectivity index (χ0n) is 20.6. The molecule has 0 saturated carbocycles. The number of hydrogen-bond acceptors (Lipinski definition) is 6. The smallest absolute Gasteiger partial charge is 0.414 e. The zero-order chi connectivity index (χ0) is 27.6. The molecule has 3 amide bonds. The molecule has 11 heteroatoms. The summed E-state index contributed by atoms with van der Waals surface area (Å²) in [6, 6.07) is 21.5. The van der Waals surface area contributed by atoms with Crippen LogP contribution in [0.4, 0.5) is 21.0 Å². The number of nitrogens with zero attached hydrogens (tertiary/aromatic N) is 2. The monoisotopic (exact) mass is 610 g/mol. The quantitative estimate of drug-likeness (QED) is 0.216. The topological polar surface area (TPSA) is 110 Å². The lowest BCUT2D eigenvalue weighted by Crippen LogP contribution is -2.37. The fourth-order valence-electron chi connectivity index (χ4n) is 3.70. The highest BCUT2D eigenvalue weighted by atomic mass is 79.9. The van der Waals surface area contributed by atoms with E-state index in [4.69, 9.17) is 21.1 Å². The number of benzene rings is 3. The third kappa shape index (κ3) is 7.92. The molecule has 1 heterocycles. The molecule has 39 heavy (non-hydrogen) atoms. The first-order valence-corrected chi connectivity index (χ1v) is 13.1. The molecular formula is C28H24BrClN4O5. The average molecular weight is 612 g/mol. The summed E-state index contributed by atoms with van der Waals surface area (Å²) in [7, 11) is 0. The van der Waals surface area contributed by atoms with Gasteiger partial charge in [0.15, 0.2) is 0 Å². The van der Waals surface area contributed by atoms with Crippen molar-refractivity contribution in [1.29, 1.82) is 0 Å². The molecule has 4 rings (SSSR count). The minimum Gasteiger partial charge on any atom is -0.447 e. The van der Waals surface area contributed by atoms with Crippen molar-refractivity contribution in [3.8, 4) is 0 Å². The first kappa shape index (κ1) is 27.9. The number of nitrogens with one attached hydrogen (secondary N) is 2. The summed E-state index contributed by atoms with van der Waals surface area (Å²) < 4.78 is 11.4. The molecule has 0 aliphatic carbocycles. The van der Waals surface area contributed by atoms with E-state index >= 15 is 0 Å². The van der Waals surface area contributed by atoms with E-state index in [1.165, 1.54) is 11.1 Å². The number of carbonyl (C=O) groups is 3. The number of ether oxygens (including phenoxy) is 2. The van der Waals surface area contributed by atoms with Crippen molar-refractivity contribution in [3.63, 3.8) is 0 Å². The lowest BCUT2D eigenvalue weighted by Gasteiger charge is -2.22. The van der Waals surface area contributed by atoms with Crippen LogP contribution in [0.25, 0.3) is 10.8 Å². The Hall–Kier alpha value is -4.15. The summed E-state index contributed by atoms with van der Waals surface area (Å²) in [6.07, 6.45) is 1.66. The van der Waals surface area contributed by atoms with E-state index in [0.717, 1.165) is 10.8 Å². The number of hydrogen-bond donors (Lipinski definition) is 2. The van der Waals surface area contributed by atoms with Gasteiger partial charge in [-0.25, -0.2) is 9.59 Å². The van der Waals surface area contributed by atoms with Crippen LogP contribution in [0.5, 0.6) is 0 Å². The molecule has 0 saturated heterocycles. The van der Waals surface area contributed by atoms with Crippen molar-refractivity contribution in [2.75, 3.05) is 36.5 Å². The van der Waals surface area contributed by atoms with Gasteiger partial charge in [-0.3, -0.25) is 20.0 Å². The van der Waals surface area contributed by atoms with Gasteiger partial charge in [0.1, 0.15) is 13.2 Å². The maximum Gasteiger partial charge on any atom is 0.414 e. The second kappa shape index (κ2) is 13.6. The minimum absolute atomic E-state index is 0.0121. The average Bonchev–Trinajstić information content (AvgIpc) is 2.93. The van der Waals surface area contributed by atoms with E-state index in [-0.39, 0.29) is 32.2 Å². The number of halogens is 2. The SMILES string of the molecule is O=C(Nc1cccc2ccccc12)OCCN(C(=O)OCCNC(=O)c1cncc(Br)c1)c1cccc(Cl)c1. The molecule has 2 N–H and O–H groups in total. The van der Waals surface area contributed by atoms with Gasteiger partial charge in [-0.05, 0) is 51.6 Å². The first-order valence-electron chi connectivity index (χ1n) is 11.9. The van der Waals surface area contributed by atoms with Gasteiger partial charge in [0.2, 0.25) is 0 Å². The minimum atomic E-state index is -0.686. The van der Waals surface area contributed by atoms with Gasteiger partial charge >= 0.3 is 12.2 Å². The number of carbonyl (C=O) groups excluding carboxylic acids is 3. The highest BCUT2D eigenvalue weighted by Crippen LogP contribution is 2.23.